The zero-order valence-corrected chi connectivity index (χ0v) is 6.85. The van der Waals surface area contributed by atoms with Crippen molar-refractivity contribution < 1.29 is 12.9 Å². The molecule has 0 saturated carbocycles. The topological polar surface area (TPSA) is 19.9 Å². The molecule has 0 atom stereocenters. The van der Waals surface area contributed by atoms with Gasteiger partial charge in [0.2, 0.25) is 0 Å². The zero-order chi connectivity index (χ0) is 8.27. The van der Waals surface area contributed by atoms with Gasteiger partial charge in [0.15, 0.2) is 5.75 Å². The van der Waals surface area contributed by atoms with E-state index in [1.165, 1.54) is 12.1 Å². The quantitative estimate of drug-likeness (QED) is 0.712. The first-order chi connectivity index (χ1) is 5.27. The Morgan fingerprint density at radius 1 is 1.18 bits per heavy atom. The van der Waals surface area contributed by atoms with E-state index in [1.807, 2.05) is 0 Å². The Labute approximate surface area is 71.4 Å². The van der Waals surface area contributed by atoms with Gasteiger partial charge in [-0.25, -0.2) is 0 Å². The first kappa shape index (κ1) is 8.67. The fraction of sp³-hybridized carbons (Fsp3) is 0. The lowest BCUT2D eigenvalue weighted by Crippen LogP contribution is -1.70. The average molecular weight is 193 g/mol. The third kappa shape index (κ3) is 2.00. The summed E-state index contributed by atoms with van der Waals surface area (Å²) < 4.78 is 23.7. The molecule has 1 radical (unpaired) electrons. The fourth-order valence-corrected chi connectivity index (χ4v) is 1.13. The maximum Gasteiger partial charge on any atom is 0.195 e. The molecule has 0 bridgehead atoms. The molecule has 1 aromatic rings. The maximum absolute atomic E-state index is 11.8. The van der Waals surface area contributed by atoms with E-state index in [1.54, 1.807) is 0 Å². The first-order valence-corrected chi connectivity index (χ1v) is 4.09. The first-order valence-electron chi connectivity index (χ1n) is 2.66. The summed E-state index contributed by atoms with van der Waals surface area (Å²) in [6, 6.07) is 3.68. The molecule has 59 valence electrons. The lowest BCUT2D eigenvalue weighted by molar-refractivity contribution is 0.343. The van der Waals surface area contributed by atoms with E-state index in [2.05, 4.69) is 0 Å². The van der Waals surface area contributed by atoms with Crippen LogP contribution in [0.5, 0.6) is 5.75 Å². The number of halogens is 2. The van der Waals surface area contributed by atoms with Crippen molar-refractivity contribution in [3.05, 3.63) is 18.2 Å². The van der Waals surface area contributed by atoms with Crippen molar-refractivity contribution in [1.82, 2.24) is 0 Å². The average Bonchev–Trinajstić information content (AvgIpc) is 2.04. The van der Waals surface area contributed by atoms with Gasteiger partial charge in [-0.3, -0.25) is 5.11 Å². The molecule has 0 aromatic heterocycles. The molecule has 0 spiro atoms. The van der Waals surface area contributed by atoms with E-state index >= 15 is 0 Å². The zero-order valence-electron chi connectivity index (χ0n) is 5.21. The standard InChI is InChI=1S/C6H3F2OS2/c7-10-4-1-2-6(11-8)5(9)3-4/h1-3H. The van der Waals surface area contributed by atoms with Gasteiger partial charge in [-0.05, 0) is 12.1 Å². The summed E-state index contributed by atoms with van der Waals surface area (Å²) >= 11 is -0.159. The molecule has 0 amide bonds. The van der Waals surface area contributed by atoms with Crippen LogP contribution in [0, 0.1) is 0 Å². The van der Waals surface area contributed by atoms with Gasteiger partial charge < -0.3 is 0 Å². The molecule has 11 heavy (non-hydrogen) atoms. The Balaban J connectivity index is 2.99. The van der Waals surface area contributed by atoms with Gasteiger partial charge in [-0.2, -0.15) is 7.77 Å². The van der Waals surface area contributed by atoms with E-state index in [0.717, 1.165) is 6.07 Å². The van der Waals surface area contributed by atoms with Crippen LogP contribution in [0.25, 0.3) is 0 Å². The van der Waals surface area contributed by atoms with E-state index in [0.29, 0.717) is 0 Å². The van der Waals surface area contributed by atoms with E-state index in [4.69, 9.17) is 0 Å². The van der Waals surface area contributed by atoms with Crippen LogP contribution in [-0.4, -0.2) is 0 Å². The largest absolute Gasteiger partial charge is 0.289 e. The van der Waals surface area contributed by atoms with Crippen LogP contribution in [-0.2, 0) is 5.11 Å². The van der Waals surface area contributed by atoms with E-state index in [-0.39, 0.29) is 34.1 Å². The molecule has 1 rings (SSSR count). The minimum absolute atomic E-state index is 0.0113. The molecular formula is C6H3F2OS2. The van der Waals surface area contributed by atoms with Crippen molar-refractivity contribution in [2.45, 2.75) is 9.79 Å². The van der Waals surface area contributed by atoms with Gasteiger partial charge >= 0.3 is 0 Å². The smallest absolute Gasteiger partial charge is 0.195 e. The Bertz CT molecular complexity index is 254. The maximum atomic E-state index is 11.8. The van der Waals surface area contributed by atoms with Crippen molar-refractivity contribution in [3.63, 3.8) is 0 Å². The third-order valence-electron chi connectivity index (χ3n) is 1.09. The molecule has 0 aliphatic rings. The second kappa shape index (κ2) is 3.82. The molecule has 1 nitrogen and oxygen atoms in total. The van der Waals surface area contributed by atoms with Crippen LogP contribution in [0.3, 0.4) is 0 Å². The highest BCUT2D eigenvalue weighted by molar-refractivity contribution is 7.94. The molecule has 0 aliphatic heterocycles. The van der Waals surface area contributed by atoms with Gasteiger partial charge in [-0.15, -0.1) is 0 Å². The van der Waals surface area contributed by atoms with E-state index < -0.39 is 5.75 Å². The van der Waals surface area contributed by atoms with Gasteiger partial charge in [0, 0.05) is 11.0 Å². The molecule has 5 heteroatoms. The second-order valence-corrected chi connectivity index (χ2v) is 2.98. The summed E-state index contributed by atoms with van der Waals surface area (Å²) in [6.45, 7) is 0. The van der Waals surface area contributed by atoms with Crippen LogP contribution >= 0.6 is 24.3 Å². The minimum Gasteiger partial charge on any atom is -0.289 e. The van der Waals surface area contributed by atoms with Crippen molar-refractivity contribution in [3.8, 4) is 5.75 Å². The highest BCUT2D eigenvalue weighted by Crippen LogP contribution is 2.33. The lowest BCUT2D eigenvalue weighted by Gasteiger charge is -1.95. The van der Waals surface area contributed by atoms with Crippen molar-refractivity contribution >= 4 is 24.3 Å². The van der Waals surface area contributed by atoms with Gasteiger partial charge in [0.25, 0.3) is 0 Å². The molecule has 1 aromatic carbocycles. The molecule has 0 aliphatic carbocycles. The number of rotatable bonds is 2. The summed E-state index contributed by atoms with van der Waals surface area (Å²) in [6.07, 6.45) is 0. The number of benzene rings is 1. The monoisotopic (exact) mass is 193 g/mol. The predicted molar refractivity (Wildman–Crippen MR) is 40.5 cm³/mol. The molecule has 0 fully saturated rings. The molecular weight excluding hydrogens is 190 g/mol. The van der Waals surface area contributed by atoms with Crippen LogP contribution < -0.4 is 0 Å². The summed E-state index contributed by atoms with van der Waals surface area (Å²) in [5.41, 5.74) is 0. The number of hydrogen-bond acceptors (Lipinski definition) is 2. The van der Waals surface area contributed by atoms with Crippen LogP contribution in [0.15, 0.2) is 28.0 Å². The lowest BCUT2D eigenvalue weighted by atomic mass is 10.3. The van der Waals surface area contributed by atoms with Gasteiger partial charge in [0.1, 0.15) is 0 Å². The molecule has 0 heterocycles. The van der Waals surface area contributed by atoms with E-state index in [9.17, 15) is 12.9 Å². The fourth-order valence-electron chi connectivity index (χ4n) is 0.600. The summed E-state index contributed by atoms with van der Waals surface area (Å²) in [4.78, 5) is 0.190. The second-order valence-electron chi connectivity index (χ2n) is 1.76. The van der Waals surface area contributed by atoms with Gasteiger partial charge in [0.05, 0.1) is 29.2 Å². The molecule has 0 unspecified atom stereocenters. The Kier molecular flexibility index (Phi) is 3.02. The van der Waals surface area contributed by atoms with Crippen molar-refractivity contribution in [2.24, 2.45) is 0 Å². The van der Waals surface area contributed by atoms with Crippen molar-refractivity contribution in [2.75, 3.05) is 0 Å². The highest BCUT2D eigenvalue weighted by Gasteiger charge is 2.05. The Morgan fingerprint density at radius 3 is 2.36 bits per heavy atom. The summed E-state index contributed by atoms with van der Waals surface area (Å²) in [7, 11) is 0. The van der Waals surface area contributed by atoms with Crippen LogP contribution in [0.4, 0.5) is 7.77 Å². The van der Waals surface area contributed by atoms with Gasteiger partial charge in [-0.1, -0.05) is 0 Å². The normalized spacial score (nSPS) is 10.0. The highest BCUT2D eigenvalue weighted by atomic mass is 32.2. The molecule has 0 N–H and O–H groups in total. The number of hydrogen-bond donors (Lipinski definition) is 0. The summed E-state index contributed by atoms with van der Waals surface area (Å²) in [5, 5.41) is 10.8. The van der Waals surface area contributed by atoms with Crippen LogP contribution in [0.2, 0.25) is 0 Å². The van der Waals surface area contributed by atoms with Crippen molar-refractivity contribution in [1.29, 1.82) is 0 Å². The predicted octanol–water partition coefficient (Wildman–Crippen LogP) is 3.78. The summed E-state index contributed by atoms with van der Waals surface area (Å²) in [5.74, 6) is -0.486. The Hall–Kier alpha value is -0.420. The SMILES string of the molecule is [O]c1cc(SF)ccc1SF. The van der Waals surface area contributed by atoms with Crippen LogP contribution in [0.1, 0.15) is 0 Å². The third-order valence-corrected chi connectivity index (χ3v) is 2.02. The minimum atomic E-state index is -0.486. The molecule has 0 saturated heterocycles. The Morgan fingerprint density at radius 2 is 1.91 bits per heavy atom.